The molecular formula is C23H43Cl. The molecule has 0 nitrogen and oxygen atoms in total. The van der Waals surface area contributed by atoms with Gasteiger partial charge in [-0.25, -0.2) is 0 Å². The van der Waals surface area contributed by atoms with Crippen molar-refractivity contribution in [3.8, 4) is 0 Å². The lowest BCUT2D eigenvalue weighted by Crippen LogP contribution is -1.73. The lowest BCUT2D eigenvalue weighted by atomic mass is 10.2. The summed E-state index contributed by atoms with van der Waals surface area (Å²) >= 11 is 5.40. The first-order valence-corrected chi connectivity index (χ1v) is 9.66. The van der Waals surface area contributed by atoms with Crippen LogP contribution in [0.3, 0.4) is 0 Å². The van der Waals surface area contributed by atoms with Gasteiger partial charge in [0.2, 0.25) is 0 Å². The van der Waals surface area contributed by atoms with Crippen LogP contribution in [0.25, 0.3) is 0 Å². The van der Waals surface area contributed by atoms with E-state index in [9.17, 15) is 0 Å². The third-order valence-corrected chi connectivity index (χ3v) is 1.93. The molecule has 0 N–H and O–H groups in total. The number of benzene rings is 1. The molecule has 0 aliphatic carbocycles. The summed E-state index contributed by atoms with van der Waals surface area (Å²) < 4.78 is 0. The fraction of sp³-hybridized carbons (Fsp3) is 0.478. The van der Waals surface area contributed by atoms with Gasteiger partial charge in [0.05, 0.1) is 0 Å². The number of hydrogen-bond acceptors (Lipinski definition) is 0. The van der Waals surface area contributed by atoms with Crippen LogP contribution in [0, 0.1) is 0 Å². The smallest absolute Gasteiger partial charge is 0.0334 e. The molecule has 0 bridgehead atoms. The van der Waals surface area contributed by atoms with Gasteiger partial charge in [-0.3, -0.25) is 0 Å². The molecule has 0 fully saturated rings. The predicted molar refractivity (Wildman–Crippen MR) is 120 cm³/mol. The summed E-state index contributed by atoms with van der Waals surface area (Å²) in [4.78, 5) is 0. The van der Waals surface area contributed by atoms with Gasteiger partial charge < -0.3 is 0 Å². The van der Waals surface area contributed by atoms with Crippen molar-refractivity contribution in [3.63, 3.8) is 0 Å². The van der Waals surface area contributed by atoms with Crippen molar-refractivity contribution in [1.82, 2.24) is 0 Å². The molecule has 0 aliphatic heterocycles. The average molecular weight is 355 g/mol. The fourth-order valence-electron chi connectivity index (χ4n) is 0.946. The molecule has 0 spiro atoms. The third-order valence-electron chi connectivity index (χ3n) is 1.80. The molecule has 0 heterocycles. The molecule has 0 radical (unpaired) electrons. The molecule has 0 unspecified atom stereocenters. The van der Waals surface area contributed by atoms with Gasteiger partial charge in [-0.05, 0) is 25.0 Å². The first-order chi connectivity index (χ1) is 11.6. The quantitative estimate of drug-likeness (QED) is 0.474. The van der Waals surface area contributed by atoms with Crippen LogP contribution in [0.15, 0.2) is 66.2 Å². The van der Waals surface area contributed by atoms with Crippen molar-refractivity contribution >= 4 is 11.6 Å². The van der Waals surface area contributed by atoms with Gasteiger partial charge in [-0.15, -0.1) is 0 Å². The maximum atomic E-state index is 5.40. The molecule has 1 heteroatoms. The van der Waals surface area contributed by atoms with Crippen LogP contribution in [0.2, 0.25) is 0 Å². The molecule has 142 valence electrons. The van der Waals surface area contributed by atoms with E-state index in [1.54, 1.807) is 6.08 Å². The molecule has 0 aliphatic rings. The summed E-state index contributed by atoms with van der Waals surface area (Å²) in [7, 11) is 0. The Labute approximate surface area is 159 Å². The van der Waals surface area contributed by atoms with Crippen LogP contribution in [0.5, 0.6) is 0 Å². The zero-order valence-corrected chi connectivity index (χ0v) is 18.8. The largest absolute Gasteiger partial charge is 0.0961 e. The Balaban J connectivity index is -0.0000000709. The standard InChI is InChI=1S/C8H10.C7H9Cl.4C2H6/c1-2-8-6-4-3-5-7-8;1-6(2)4-5-7(3)8;4*1-2/h3-7H,2H2,1H3;4-5H,1,3H2,2H3;4*1-2H3/b;5-4-;;;;. The number of rotatable bonds is 3. The molecule has 0 amide bonds. The third kappa shape index (κ3) is 42.8. The van der Waals surface area contributed by atoms with E-state index >= 15 is 0 Å². The van der Waals surface area contributed by atoms with E-state index in [0.717, 1.165) is 12.0 Å². The van der Waals surface area contributed by atoms with Crippen molar-refractivity contribution < 1.29 is 0 Å². The summed E-state index contributed by atoms with van der Waals surface area (Å²) in [5, 5.41) is 0.535. The Morgan fingerprint density at radius 1 is 0.833 bits per heavy atom. The number of hydrogen-bond donors (Lipinski definition) is 0. The summed E-state index contributed by atoms with van der Waals surface area (Å²) in [6, 6.07) is 10.5. The van der Waals surface area contributed by atoms with Gasteiger partial charge >= 0.3 is 0 Å². The predicted octanol–water partition coefficient (Wildman–Crippen LogP) is 9.23. The second-order valence-electron chi connectivity index (χ2n) is 3.47. The average Bonchev–Trinajstić information content (AvgIpc) is 2.67. The highest BCUT2D eigenvalue weighted by Gasteiger charge is 1.80. The minimum atomic E-state index is 0.535. The SMILES string of the molecule is C=C(C)/C=C\C(=C)Cl.CC.CC.CC.CC.CCc1ccccc1. The summed E-state index contributed by atoms with van der Waals surface area (Å²) in [5.41, 5.74) is 2.39. The molecule has 1 rings (SSSR count). The first kappa shape index (κ1) is 34.1. The van der Waals surface area contributed by atoms with Gasteiger partial charge in [0.15, 0.2) is 0 Å². The summed E-state index contributed by atoms with van der Waals surface area (Å²) in [5.74, 6) is 0. The van der Waals surface area contributed by atoms with E-state index in [-0.39, 0.29) is 0 Å². The normalized spacial score (nSPS) is 7.29. The van der Waals surface area contributed by atoms with Crippen LogP contribution in [0.1, 0.15) is 74.8 Å². The Hall–Kier alpha value is -1.27. The maximum Gasteiger partial charge on any atom is 0.0334 e. The van der Waals surface area contributed by atoms with Crippen molar-refractivity contribution in [1.29, 1.82) is 0 Å². The highest BCUT2D eigenvalue weighted by molar-refractivity contribution is 6.30. The van der Waals surface area contributed by atoms with Crippen LogP contribution in [-0.4, -0.2) is 0 Å². The molecule has 24 heavy (non-hydrogen) atoms. The van der Waals surface area contributed by atoms with E-state index in [0.29, 0.717) is 5.03 Å². The van der Waals surface area contributed by atoms with E-state index in [1.165, 1.54) is 5.56 Å². The topological polar surface area (TPSA) is 0 Å². The lowest BCUT2D eigenvalue weighted by molar-refractivity contribution is 1.14. The second kappa shape index (κ2) is 37.7. The Morgan fingerprint density at radius 2 is 1.21 bits per heavy atom. The molecule has 0 saturated carbocycles. The van der Waals surface area contributed by atoms with Gasteiger partial charge in [-0.2, -0.15) is 0 Å². The van der Waals surface area contributed by atoms with Crippen molar-refractivity contribution in [3.05, 3.63) is 71.8 Å². The maximum absolute atomic E-state index is 5.40. The second-order valence-corrected chi connectivity index (χ2v) is 3.95. The molecule has 0 atom stereocenters. The van der Waals surface area contributed by atoms with Crippen LogP contribution in [-0.2, 0) is 6.42 Å². The van der Waals surface area contributed by atoms with E-state index in [1.807, 2.05) is 74.5 Å². The van der Waals surface area contributed by atoms with Crippen LogP contribution >= 0.6 is 11.6 Å². The first-order valence-electron chi connectivity index (χ1n) is 9.28. The fourth-order valence-corrected chi connectivity index (χ4v) is 1.01. The zero-order chi connectivity index (χ0) is 20.4. The van der Waals surface area contributed by atoms with Gasteiger partial charge in [0, 0.05) is 5.03 Å². The number of aryl methyl sites for hydroxylation is 1. The summed E-state index contributed by atoms with van der Waals surface area (Å²) in [6.45, 7) is 27.2. The summed E-state index contributed by atoms with van der Waals surface area (Å²) in [6.07, 6.45) is 4.67. The van der Waals surface area contributed by atoms with Gasteiger partial charge in [0.1, 0.15) is 0 Å². The highest BCUT2D eigenvalue weighted by Crippen LogP contribution is 2.00. The Bertz CT molecular complexity index is 332. The highest BCUT2D eigenvalue weighted by atomic mass is 35.5. The molecule has 1 aromatic carbocycles. The molecule has 1 aromatic rings. The van der Waals surface area contributed by atoms with Crippen molar-refractivity contribution in [2.24, 2.45) is 0 Å². The van der Waals surface area contributed by atoms with E-state index in [4.69, 9.17) is 11.6 Å². The zero-order valence-electron chi connectivity index (χ0n) is 18.0. The van der Waals surface area contributed by atoms with Crippen molar-refractivity contribution in [2.75, 3.05) is 0 Å². The monoisotopic (exact) mass is 354 g/mol. The molecular weight excluding hydrogens is 312 g/mol. The molecule has 0 aromatic heterocycles. The minimum absolute atomic E-state index is 0.535. The molecule has 0 saturated heterocycles. The Morgan fingerprint density at radius 3 is 1.38 bits per heavy atom. The van der Waals surface area contributed by atoms with Crippen LogP contribution < -0.4 is 0 Å². The van der Waals surface area contributed by atoms with Crippen LogP contribution in [0.4, 0.5) is 0 Å². The minimum Gasteiger partial charge on any atom is -0.0961 e. The Kier molecular flexibility index (Phi) is 53.7. The van der Waals surface area contributed by atoms with E-state index < -0.39 is 0 Å². The van der Waals surface area contributed by atoms with Gasteiger partial charge in [-0.1, -0.05) is 129 Å². The number of halogens is 1. The van der Waals surface area contributed by atoms with Crippen molar-refractivity contribution in [2.45, 2.75) is 75.7 Å². The number of allylic oxidation sites excluding steroid dienone is 4. The lowest BCUT2D eigenvalue weighted by Gasteiger charge is -1.89. The van der Waals surface area contributed by atoms with Gasteiger partial charge in [0.25, 0.3) is 0 Å². The van der Waals surface area contributed by atoms with E-state index in [2.05, 4.69) is 44.3 Å².